The van der Waals surface area contributed by atoms with E-state index in [9.17, 15) is 31.1 Å². The number of hydrogen-bond acceptors (Lipinski definition) is 6. The number of rotatable bonds is 5. The molecule has 2 aliphatic heterocycles. The van der Waals surface area contributed by atoms with Crippen LogP contribution in [0.3, 0.4) is 0 Å². The summed E-state index contributed by atoms with van der Waals surface area (Å²) in [5.74, 6) is -5.18. The molecule has 1 saturated heterocycles. The number of aliphatic carboxylic acids is 2. The number of imidazole rings is 1. The van der Waals surface area contributed by atoms with Gasteiger partial charge in [0.1, 0.15) is 29.8 Å². The van der Waals surface area contributed by atoms with Crippen LogP contribution in [-0.4, -0.2) is 66.3 Å². The summed E-state index contributed by atoms with van der Waals surface area (Å²) in [4.78, 5) is 36.2. The van der Waals surface area contributed by atoms with Crippen LogP contribution in [0.15, 0.2) is 42.5 Å². The molecule has 0 bridgehead atoms. The van der Waals surface area contributed by atoms with Gasteiger partial charge >= 0.3 is 12.4 Å². The molecule has 2 aliphatic rings. The van der Waals surface area contributed by atoms with E-state index in [1.165, 1.54) is 38.0 Å². The summed E-state index contributed by atoms with van der Waals surface area (Å²) in [5.41, 5.74) is 5.95. The number of carboxylic acids is 2. The highest BCUT2D eigenvalue weighted by atomic mass is 19.4. The highest BCUT2D eigenvalue weighted by Gasteiger charge is 2.29. The number of piperidine rings is 1. The first-order chi connectivity index (χ1) is 20.1. The predicted octanol–water partition coefficient (Wildman–Crippen LogP) is -1.17. The lowest BCUT2D eigenvalue weighted by atomic mass is 9.97. The third-order valence-corrected chi connectivity index (χ3v) is 6.92. The van der Waals surface area contributed by atoms with Gasteiger partial charge in [-0.05, 0) is 12.1 Å². The Labute approximate surface area is 241 Å². The van der Waals surface area contributed by atoms with E-state index in [-0.39, 0.29) is 5.91 Å². The maximum Gasteiger partial charge on any atom is 0.430 e. The summed E-state index contributed by atoms with van der Waals surface area (Å²) in [5, 5.41) is 23.0. The van der Waals surface area contributed by atoms with Crippen molar-refractivity contribution in [2.45, 2.75) is 38.3 Å². The molecule has 1 amide bonds. The van der Waals surface area contributed by atoms with Crippen LogP contribution in [0.1, 0.15) is 34.6 Å². The number of nitrogens with two attached hydrogens (primary N) is 1. The van der Waals surface area contributed by atoms with Crippen LogP contribution in [0.4, 0.5) is 26.3 Å². The van der Waals surface area contributed by atoms with Gasteiger partial charge in [-0.15, -0.1) is 0 Å². The average molecular weight is 618 g/mol. The molecular weight excluding hydrogens is 588 g/mol. The van der Waals surface area contributed by atoms with Crippen molar-refractivity contribution in [3.8, 4) is 11.3 Å². The third-order valence-electron chi connectivity index (χ3n) is 6.92. The molecule has 4 heterocycles. The summed E-state index contributed by atoms with van der Waals surface area (Å²) in [7, 11) is 2.30. The van der Waals surface area contributed by atoms with Crippen LogP contribution >= 0.6 is 0 Å². The fourth-order valence-corrected chi connectivity index (χ4v) is 4.67. The topological polar surface area (TPSA) is 148 Å². The molecule has 2 aromatic heterocycles. The number of halogens is 6. The van der Waals surface area contributed by atoms with E-state index >= 15 is 0 Å². The summed E-state index contributed by atoms with van der Waals surface area (Å²) < 4.78 is 65.1. The van der Waals surface area contributed by atoms with Crippen molar-refractivity contribution in [1.82, 2.24) is 14.7 Å². The monoisotopic (exact) mass is 617 g/mol. The largest absolute Gasteiger partial charge is 0.542 e. The minimum Gasteiger partial charge on any atom is -0.542 e. The zero-order chi connectivity index (χ0) is 31.9. The molecule has 3 aromatic rings. The normalized spacial score (nSPS) is 18.1. The zero-order valence-electron chi connectivity index (χ0n) is 22.8. The molecule has 0 spiro atoms. The van der Waals surface area contributed by atoms with Gasteiger partial charge in [0.15, 0.2) is 0 Å². The number of alkyl halides is 6. The first-order valence-electron chi connectivity index (χ1n) is 13.1. The number of carboxylic acid groups (broad SMARTS) is 2. The summed E-state index contributed by atoms with van der Waals surface area (Å²) in [6.45, 7) is 5.40. The summed E-state index contributed by atoms with van der Waals surface area (Å²) in [6, 6.07) is 14.4. The molecule has 0 unspecified atom stereocenters. The number of carbonyl (C=O) groups is 3. The number of amides is 1. The fraction of sp³-hybridized carbons (Fsp3) is 0.407. The maximum atomic E-state index is 12.1. The van der Waals surface area contributed by atoms with E-state index in [1.807, 2.05) is 22.6 Å². The first kappa shape index (κ1) is 33.3. The molecule has 5 rings (SSSR count). The highest BCUT2D eigenvalue weighted by Crippen LogP contribution is 2.27. The average Bonchev–Trinajstić information content (AvgIpc) is 3.32. The Morgan fingerprint density at radius 1 is 1.00 bits per heavy atom. The highest BCUT2D eigenvalue weighted by molar-refractivity contribution is 5.95. The molecule has 43 heavy (non-hydrogen) atoms. The lowest BCUT2D eigenvalue weighted by molar-refractivity contribution is -0.887. The Bertz CT molecular complexity index is 1410. The molecule has 1 aromatic carbocycles. The molecule has 0 atom stereocenters. The van der Waals surface area contributed by atoms with Crippen molar-refractivity contribution in [2.75, 3.05) is 26.7 Å². The summed E-state index contributed by atoms with van der Waals surface area (Å²) in [6.07, 6.45) is -7.67. The van der Waals surface area contributed by atoms with E-state index in [0.29, 0.717) is 12.2 Å². The van der Waals surface area contributed by atoms with Gasteiger partial charge in [-0.1, -0.05) is 30.3 Å². The Balaban J connectivity index is 0.000000303. The van der Waals surface area contributed by atoms with Crippen LogP contribution in [0.25, 0.3) is 16.9 Å². The smallest absolute Gasteiger partial charge is 0.430 e. The number of likely N-dealkylation sites (tertiary alicyclic amines) is 1. The number of nitrogens with one attached hydrogen (secondary N) is 2. The van der Waals surface area contributed by atoms with Crippen LogP contribution in [0.2, 0.25) is 0 Å². The van der Waals surface area contributed by atoms with Gasteiger partial charge in [0.2, 0.25) is 0 Å². The van der Waals surface area contributed by atoms with Crippen molar-refractivity contribution < 1.29 is 61.2 Å². The number of benzene rings is 1. The third kappa shape index (κ3) is 9.15. The fourth-order valence-electron chi connectivity index (χ4n) is 4.67. The van der Waals surface area contributed by atoms with Gasteiger partial charge in [0, 0.05) is 29.9 Å². The second-order valence-corrected chi connectivity index (χ2v) is 10.1. The molecule has 0 radical (unpaired) electrons. The molecule has 4 N–H and O–H groups in total. The predicted molar refractivity (Wildman–Crippen MR) is 134 cm³/mol. The Morgan fingerprint density at radius 2 is 1.56 bits per heavy atom. The number of hydrogen-bond donors (Lipinski definition) is 3. The van der Waals surface area contributed by atoms with Crippen molar-refractivity contribution >= 4 is 23.5 Å². The second-order valence-electron chi connectivity index (χ2n) is 10.1. The molecule has 234 valence electrons. The van der Waals surface area contributed by atoms with Crippen LogP contribution in [-0.2, 0) is 22.7 Å². The van der Waals surface area contributed by atoms with Crippen LogP contribution in [0, 0.1) is 5.92 Å². The van der Waals surface area contributed by atoms with E-state index in [4.69, 9.17) is 24.8 Å². The first-order valence-corrected chi connectivity index (χ1v) is 13.1. The minimum atomic E-state index is -5.19. The van der Waals surface area contributed by atoms with E-state index < -0.39 is 24.3 Å². The molecular formula is C27H29F6N5O5. The molecule has 0 saturated carbocycles. The van der Waals surface area contributed by atoms with Crippen molar-refractivity contribution in [2.24, 2.45) is 5.92 Å². The van der Waals surface area contributed by atoms with Crippen molar-refractivity contribution in [1.29, 1.82) is 0 Å². The van der Waals surface area contributed by atoms with Crippen LogP contribution < -0.4 is 25.7 Å². The lowest BCUT2D eigenvalue weighted by Gasteiger charge is -2.25. The SMILES string of the molecule is C[NH+]1CCC(C[NH2+]Cc2ccc(-c3nc4cccc5n4c3CNC5=O)cc2)CC1.O=C([O-])C(F)(F)F.O=C([O-])C(F)(F)F. The number of aromatic nitrogens is 2. The molecule has 1 fully saturated rings. The number of quaternary nitrogens is 2. The number of pyridine rings is 1. The maximum absolute atomic E-state index is 12.1. The Morgan fingerprint density at radius 3 is 2.09 bits per heavy atom. The number of nitrogens with zero attached hydrogens (tertiary/aromatic N) is 2. The van der Waals surface area contributed by atoms with Gasteiger partial charge in [0.25, 0.3) is 5.91 Å². The standard InChI is InChI=1S/C23H27N5O.2C2HF3O2/c1-27-11-9-17(10-12-27)14-24-13-16-5-7-18(8-6-16)22-20-15-25-23(29)19-3-2-4-21(26-22)28(19)20;2*3-2(4,5)1(6)7/h2-8,17,24H,9-15H2,1H3,(H,25,29);2*(H,6,7). The van der Waals surface area contributed by atoms with Gasteiger partial charge in [-0.3, -0.25) is 9.20 Å². The van der Waals surface area contributed by atoms with E-state index in [2.05, 4.69) is 41.9 Å². The van der Waals surface area contributed by atoms with E-state index in [1.54, 1.807) is 4.90 Å². The van der Waals surface area contributed by atoms with Crippen molar-refractivity contribution in [3.63, 3.8) is 0 Å². The van der Waals surface area contributed by atoms with Gasteiger partial charge in [-0.2, -0.15) is 26.3 Å². The molecule has 10 nitrogen and oxygen atoms in total. The summed E-state index contributed by atoms with van der Waals surface area (Å²) >= 11 is 0. The number of carbonyl (C=O) groups excluding carboxylic acids is 3. The van der Waals surface area contributed by atoms with E-state index in [0.717, 1.165) is 35.1 Å². The molecule has 0 aliphatic carbocycles. The van der Waals surface area contributed by atoms with Crippen molar-refractivity contribution in [3.05, 3.63) is 59.4 Å². The minimum absolute atomic E-state index is 0.0380. The van der Waals surface area contributed by atoms with Crippen LogP contribution in [0.5, 0.6) is 0 Å². The lowest BCUT2D eigenvalue weighted by Crippen LogP contribution is -3.10. The van der Waals surface area contributed by atoms with Gasteiger partial charge in [-0.25, -0.2) is 4.98 Å². The zero-order valence-corrected chi connectivity index (χ0v) is 22.8. The van der Waals surface area contributed by atoms with Gasteiger partial charge in [0.05, 0.1) is 44.6 Å². The Kier molecular flexibility index (Phi) is 10.7. The quantitative estimate of drug-likeness (QED) is 0.308. The molecule has 16 heteroatoms. The second kappa shape index (κ2) is 13.9. The Hall–Kier alpha value is -4.18. The van der Waals surface area contributed by atoms with Gasteiger partial charge < -0.3 is 35.3 Å².